The van der Waals surface area contributed by atoms with Gasteiger partial charge in [0.2, 0.25) is 5.91 Å². The number of thiazole rings is 1. The number of furan rings is 1. The summed E-state index contributed by atoms with van der Waals surface area (Å²) in [4.78, 5) is 30.2. The largest absolute Gasteiger partial charge is 0.444 e. The summed E-state index contributed by atoms with van der Waals surface area (Å²) >= 11 is 4.86. The fourth-order valence-corrected chi connectivity index (χ4v) is 4.12. The van der Waals surface area contributed by atoms with Gasteiger partial charge in [-0.2, -0.15) is 0 Å². The molecule has 1 saturated heterocycles. The van der Waals surface area contributed by atoms with Gasteiger partial charge in [0.1, 0.15) is 0 Å². The molecule has 25 heavy (non-hydrogen) atoms. The van der Waals surface area contributed by atoms with Crippen molar-refractivity contribution in [3.05, 3.63) is 38.6 Å². The Hall–Kier alpha value is -1.67. The Bertz CT molecular complexity index is 750. The van der Waals surface area contributed by atoms with Crippen LogP contribution in [-0.2, 0) is 11.3 Å². The van der Waals surface area contributed by atoms with Gasteiger partial charge in [0.15, 0.2) is 10.4 Å². The third-order valence-electron chi connectivity index (χ3n) is 4.27. The number of amides is 2. The Morgan fingerprint density at radius 3 is 2.80 bits per heavy atom. The minimum absolute atomic E-state index is 0.0333. The second kappa shape index (κ2) is 8.14. The van der Waals surface area contributed by atoms with Crippen molar-refractivity contribution in [3.63, 3.8) is 0 Å². The van der Waals surface area contributed by atoms with Gasteiger partial charge in [-0.1, -0.05) is 6.92 Å². The lowest BCUT2D eigenvalue weighted by atomic mass is 9.97. The smallest absolute Gasteiger partial charge is 0.289 e. The first-order valence-electron chi connectivity index (χ1n) is 8.32. The summed E-state index contributed by atoms with van der Waals surface area (Å²) in [5.74, 6) is 0.707. The van der Waals surface area contributed by atoms with Gasteiger partial charge in [0.25, 0.3) is 5.91 Å². The predicted molar refractivity (Wildman–Crippen MR) is 98.5 cm³/mol. The van der Waals surface area contributed by atoms with Gasteiger partial charge in [0.05, 0.1) is 17.2 Å². The third-order valence-corrected chi connectivity index (χ3v) is 5.75. The molecule has 6 nitrogen and oxygen atoms in total. The van der Waals surface area contributed by atoms with Crippen molar-refractivity contribution in [2.75, 3.05) is 13.1 Å². The van der Waals surface area contributed by atoms with E-state index in [1.165, 1.54) is 0 Å². The highest BCUT2D eigenvalue weighted by atomic mass is 79.9. The van der Waals surface area contributed by atoms with Crippen LogP contribution in [0.2, 0.25) is 0 Å². The van der Waals surface area contributed by atoms with E-state index >= 15 is 0 Å². The highest BCUT2D eigenvalue weighted by Gasteiger charge is 2.27. The van der Waals surface area contributed by atoms with Crippen molar-refractivity contribution in [3.8, 4) is 0 Å². The van der Waals surface area contributed by atoms with Crippen LogP contribution in [0.4, 0.5) is 0 Å². The van der Waals surface area contributed by atoms with E-state index in [-0.39, 0.29) is 11.8 Å². The topological polar surface area (TPSA) is 75.4 Å². The first-order chi connectivity index (χ1) is 12.1. The summed E-state index contributed by atoms with van der Waals surface area (Å²) in [5, 5.41) is 5.94. The van der Waals surface area contributed by atoms with Gasteiger partial charge in [0, 0.05) is 30.8 Å². The maximum atomic E-state index is 12.4. The zero-order valence-electron chi connectivity index (χ0n) is 14.0. The van der Waals surface area contributed by atoms with E-state index in [1.54, 1.807) is 23.5 Å². The molecule has 1 aliphatic heterocycles. The molecule has 0 atom stereocenters. The lowest BCUT2D eigenvalue weighted by molar-refractivity contribution is -0.120. The van der Waals surface area contributed by atoms with Crippen LogP contribution in [0.5, 0.6) is 0 Å². The molecular weight excluding hydrogens is 406 g/mol. The molecule has 1 N–H and O–H groups in total. The molecule has 2 aromatic heterocycles. The van der Waals surface area contributed by atoms with E-state index in [0.717, 1.165) is 23.5 Å². The fourth-order valence-electron chi connectivity index (χ4n) is 2.82. The molecule has 0 radical (unpaired) electrons. The summed E-state index contributed by atoms with van der Waals surface area (Å²) in [6, 6.07) is 3.42. The maximum Gasteiger partial charge on any atom is 0.289 e. The Kier molecular flexibility index (Phi) is 5.90. The Labute approximate surface area is 158 Å². The van der Waals surface area contributed by atoms with Crippen LogP contribution in [0.25, 0.3) is 0 Å². The van der Waals surface area contributed by atoms with Gasteiger partial charge in [-0.25, -0.2) is 4.98 Å². The summed E-state index contributed by atoms with van der Waals surface area (Å²) in [7, 11) is 0. The van der Waals surface area contributed by atoms with Crippen molar-refractivity contribution < 1.29 is 14.0 Å². The molecule has 8 heteroatoms. The number of nitrogens with one attached hydrogen (secondary N) is 1. The SMILES string of the molecule is CCC(=O)NCc1csc(C2CCN(C(=O)c3ccc(Br)o3)CC2)n1. The number of rotatable bonds is 5. The molecule has 0 saturated carbocycles. The molecule has 134 valence electrons. The van der Waals surface area contributed by atoms with Crippen molar-refractivity contribution in [2.45, 2.75) is 38.6 Å². The monoisotopic (exact) mass is 425 g/mol. The Balaban J connectivity index is 1.53. The van der Waals surface area contributed by atoms with Gasteiger partial charge in [-0.05, 0) is 40.9 Å². The highest BCUT2D eigenvalue weighted by Crippen LogP contribution is 2.31. The van der Waals surface area contributed by atoms with E-state index in [0.29, 0.717) is 42.4 Å². The molecule has 3 heterocycles. The van der Waals surface area contributed by atoms with Crippen molar-refractivity contribution in [2.24, 2.45) is 0 Å². The van der Waals surface area contributed by atoms with Gasteiger partial charge < -0.3 is 14.6 Å². The quantitative estimate of drug-likeness (QED) is 0.794. The molecule has 1 fully saturated rings. The van der Waals surface area contributed by atoms with E-state index in [2.05, 4.69) is 26.2 Å². The average Bonchev–Trinajstić information content (AvgIpc) is 3.28. The summed E-state index contributed by atoms with van der Waals surface area (Å²) < 4.78 is 5.92. The van der Waals surface area contributed by atoms with Gasteiger partial charge >= 0.3 is 0 Å². The summed E-state index contributed by atoms with van der Waals surface area (Å²) in [6.45, 7) is 3.71. The number of likely N-dealkylation sites (tertiary alicyclic amines) is 1. The second-order valence-electron chi connectivity index (χ2n) is 5.98. The molecule has 0 bridgehead atoms. The Morgan fingerprint density at radius 2 is 2.16 bits per heavy atom. The second-order valence-corrected chi connectivity index (χ2v) is 7.65. The molecular formula is C17H20BrN3O3S. The van der Waals surface area contributed by atoms with E-state index in [4.69, 9.17) is 4.42 Å². The molecule has 2 aromatic rings. The van der Waals surface area contributed by atoms with Crippen LogP contribution >= 0.6 is 27.3 Å². The lowest BCUT2D eigenvalue weighted by Crippen LogP contribution is -2.37. The molecule has 0 aliphatic carbocycles. The molecule has 0 spiro atoms. The zero-order chi connectivity index (χ0) is 17.8. The average molecular weight is 426 g/mol. The van der Waals surface area contributed by atoms with Crippen LogP contribution in [0.1, 0.15) is 53.4 Å². The first kappa shape index (κ1) is 18.1. The minimum atomic E-state index is -0.0637. The Morgan fingerprint density at radius 1 is 1.40 bits per heavy atom. The summed E-state index contributed by atoms with van der Waals surface area (Å²) in [6.07, 6.45) is 2.26. The fraction of sp³-hybridized carbons (Fsp3) is 0.471. The number of aromatic nitrogens is 1. The van der Waals surface area contributed by atoms with E-state index in [1.807, 2.05) is 17.2 Å². The third kappa shape index (κ3) is 4.49. The van der Waals surface area contributed by atoms with Crippen LogP contribution in [0.3, 0.4) is 0 Å². The standard InChI is InChI=1S/C17H20BrN3O3S/c1-2-15(22)19-9-12-10-25-16(20-12)11-5-7-21(8-6-11)17(23)13-3-4-14(18)24-13/h3-4,10-11H,2,5-9H2,1H3,(H,19,22). The first-order valence-corrected chi connectivity index (χ1v) is 9.99. The number of carbonyl (C=O) groups is 2. The summed E-state index contributed by atoms with van der Waals surface area (Å²) in [5.41, 5.74) is 0.903. The number of nitrogens with zero attached hydrogens (tertiary/aromatic N) is 2. The van der Waals surface area contributed by atoms with Gasteiger partial charge in [-0.15, -0.1) is 11.3 Å². The van der Waals surface area contributed by atoms with Crippen LogP contribution in [-0.4, -0.2) is 34.8 Å². The number of hydrogen-bond donors (Lipinski definition) is 1. The highest BCUT2D eigenvalue weighted by molar-refractivity contribution is 9.10. The molecule has 0 aromatic carbocycles. The van der Waals surface area contributed by atoms with Crippen LogP contribution in [0.15, 0.2) is 26.6 Å². The van der Waals surface area contributed by atoms with Gasteiger partial charge in [-0.3, -0.25) is 9.59 Å². The van der Waals surface area contributed by atoms with Crippen molar-refractivity contribution in [1.82, 2.24) is 15.2 Å². The van der Waals surface area contributed by atoms with Crippen LogP contribution in [0, 0.1) is 0 Å². The molecule has 0 unspecified atom stereocenters. The molecule has 2 amide bonds. The normalized spacial score (nSPS) is 15.4. The predicted octanol–water partition coefficient (Wildman–Crippen LogP) is 3.54. The lowest BCUT2D eigenvalue weighted by Gasteiger charge is -2.30. The van der Waals surface area contributed by atoms with Crippen molar-refractivity contribution in [1.29, 1.82) is 0 Å². The minimum Gasteiger partial charge on any atom is -0.444 e. The molecule has 1 aliphatic rings. The number of piperidine rings is 1. The van der Waals surface area contributed by atoms with E-state index < -0.39 is 0 Å². The maximum absolute atomic E-state index is 12.4. The number of hydrogen-bond acceptors (Lipinski definition) is 5. The zero-order valence-corrected chi connectivity index (χ0v) is 16.4. The number of carbonyl (C=O) groups excluding carboxylic acids is 2. The van der Waals surface area contributed by atoms with E-state index in [9.17, 15) is 9.59 Å². The van der Waals surface area contributed by atoms with Crippen LogP contribution < -0.4 is 5.32 Å². The van der Waals surface area contributed by atoms with Crippen molar-refractivity contribution >= 4 is 39.1 Å². The molecule has 3 rings (SSSR count). The number of halogens is 1.